The number of nitrogens with one attached hydrogen (secondary N) is 2. The summed E-state index contributed by atoms with van der Waals surface area (Å²) in [7, 11) is 0. The monoisotopic (exact) mass is 312 g/mol. The van der Waals surface area contributed by atoms with Gasteiger partial charge in [-0.1, -0.05) is 18.2 Å². The summed E-state index contributed by atoms with van der Waals surface area (Å²) in [5, 5.41) is 5.49. The molecule has 1 saturated carbocycles. The van der Waals surface area contributed by atoms with E-state index in [4.69, 9.17) is 0 Å². The van der Waals surface area contributed by atoms with E-state index in [1.54, 1.807) is 42.5 Å². The fourth-order valence-corrected chi connectivity index (χ4v) is 2.68. The second-order valence-electron chi connectivity index (χ2n) is 5.77. The quantitative estimate of drug-likeness (QED) is 0.908. The van der Waals surface area contributed by atoms with Crippen LogP contribution in [0.2, 0.25) is 0 Å². The second-order valence-corrected chi connectivity index (χ2v) is 5.77. The number of carbonyl (C=O) groups is 2. The summed E-state index contributed by atoms with van der Waals surface area (Å²) in [5.41, 5.74) is 0.964. The highest BCUT2D eigenvalue weighted by atomic mass is 19.1. The lowest BCUT2D eigenvalue weighted by atomic mass is 9.94. The molecular weight excluding hydrogens is 295 g/mol. The highest BCUT2D eigenvalue weighted by Gasteiger charge is 2.52. The van der Waals surface area contributed by atoms with Crippen LogP contribution in [0.4, 0.5) is 15.8 Å². The van der Waals surface area contributed by atoms with Crippen LogP contribution in [-0.2, 0) is 15.0 Å². The van der Waals surface area contributed by atoms with Gasteiger partial charge in [-0.3, -0.25) is 9.59 Å². The largest absolute Gasteiger partial charge is 0.326 e. The third-order valence-electron chi connectivity index (χ3n) is 4.04. The molecule has 23 heavy (non-hydrogen) atoms. The molecule has 1 aliphatic rings. The van der Waals surface area contributed by atoms with Crippen LogP contribution < -0.4 is 10.6 Å². The van der Waals surface area contributed by atoms with Crippen molar-refractivity contribution in [1.82, 2.24) is 0 Å². The van der Waals surface area contributed by atoms with Gasteiger partial charge in [0.1, 0.15) is 5.82 Å². The Morgan fingerprint density at radius 1 is 0.957 bits per heavy atom. The van der Waals surface area contributed by atoms with E-state index >= 15 is 0 Å². The number of rotatable bonds is 4. The standard InChI is InChI=1S/C18H17FN2O2/c1-12(22)20-13-6-8-14(9-7-13)21-17(23)18(10-11-18)15-4-2-3-5-16(15)19/h2-9H,10-11H2,1H3,(H,20,22)(H,21,23). The molecule has 1 fully saturated rings. The summed E-state index contributed by atoms with van der Waals surface area (Å²) < 4.78 is 14.0. The summed E-state index contributed by atoms with van der Waals surface area (Å²) in [5.74, 6) is -0.700. The van der Waals surface area contributed by atoms with Gasteiger partial charge in [-0.25, -0.2) is 4.39 Å². The van der Waals surface area contributed by atoms with Gasteiger partial charge >= 0.3 is 0 Å². The molecule has 0 heterocycles. The lowest BCUT2D eigenvalue weighted by Crippen LogP contribution is -2.28. The number of amides is 2. The van der Waals surface area contributed by atoms with E-state index in [0.29, 0.717) is 29.8 Å². The Morgan fingerprint density at radius 2 is 1.52 bits per heavy atom. The zero-order valence-electron chi connectivity index (χ0n) is 12.7. The van der Waals surface area contributed by atoms with Crippen molar-refractivity contribution >= 4 is 23.2 Å². The summed E-state index contributed by atoms with van der Waals surface area (Å²) in [4.78, 5) is 23.6. The van der Waals surface area contributed by atoms with Crippen LogP contribution in [0.25, 0.3) is 0 Å². The van der Waals surface area contributed by atoms with Crippen molar-refractivity contribution < 1.29 is 14.0 Å². The number of benzene rings is 2. The first-order valence-corrected chi connectivity index (χ1v) is 7.45. The number of carbonyl (C=O) groups excluding carboxylic acids is 2. The van der Waals surface area contributed by atoms with Crippen molar-refractivity contribution in [2.24, 2.45) is 0 Å². The Bertz CT molecular complexity index is 752. The zero-order valence-corrected chi connectivity index (χ0v) is 12.7. The van der Waals surface area contributed by atoms with Gasteiger partial charge in [-0.2, -0.15) is 0 Å². The Balaban J connectivity index is 1.74. The Hall–Kier alpha value is -2.69. The van der Waals surface area contributed by atoms with E-state index in [0.717, 1.165) is 0 Å². The van der Waals surface area contributed by atoms with Gasteiger partial charge in [-0.05, 0) is 43.2 Å². The van der Waals surface area contributed by atoms with Gasteiger partial charge in [-0.15, -0.1) is 0 Å². The van der Waals surface area contributed by atoms with Gasteiger partial charge in [0.2, 0.25) is 11.8 Å². The normalized spacial score (nSPS) is 14.9. The third-order valence-corrected chi connectivity index (χ3v) is 4.04. The highest BCUT2D eigenvalue weighted by Crippen LogP contribution is 2.49. The minimum absolute atomic E-state index is 0.154. The summed E-state index contributed by atoms with van der Waals surface area (Å²) in [6, 6.07) is 13.2. The Morgan fingerprint density at radius 3 is 2.04 bits per heavy atom. The molecule has 0 atom stereocenters. The van der Waals surface area contributed by atoms with E-state index < -0.39 is 5.41 Å². The minimum atomic E-state index is -0.762. The van der Waals surface area contributed by atoms with E-state index in [1.165, 1.54) is 13.0 Å². The van der Waals surface area contributed by atoms with Gasteiger partial charge in [0.15, 0.2) is 0 Å². The Kier molecular flexibility index (Phi) is 3.86. The van der Waals surface area contributed by atoms with Crippen LogP contribution in [0.1, 0.15) is 25.3 Å². The van der Waals surface area contributed by atoms with Crippen LogP contribution in [0.5, 0.6) is 0 Å². The average Bonchev–Trinajstić information content (AvgIpc) is 3.31. The molecule has 0 aromatic heterocycles. The smallest absolute Gasteiger partial charge is 0.235 e. The van der Waals surface area contributed by atoms with E-state index in [-0.39, 0.29) is 17.6 Å². The molecule has 3 rings (SSSR count). The van der Waals surface area contributed by atoms with Crippen molar-refractivity contribution in [3.8, 4) is 0 Å². The number of hydrogen-bond acceptors (Lipinski definition) is 2. The minimum Gasteiger partial charge on any atom is -0.326 e. The second kappa shape index (κ2) is 5.83. The fraction of sp³-hybridized carbons (Fsp3) is 0.222. The molecule has 0 radical (unpaired) electrons. The van der Waals surface area contributed by atoms with E-state index in [1.807, 2.05) is 0 Å². The highest BCUT2D eigenvalue weighted by molar-refractivity contribution is 6.01. The molecule has 118 valence electrons. The fourth-order valence-electron chi connectivity index (χ4n) is 2.68. The first-order chi connectivity index (χ1) is 11.0. The predicted octanol–water partition coefficient (Wildman–Crippen LogP) is 3.45. The van der Waals surface area contributed by atoms with Crippen LogP contribution in [0.3, 0.4) is 0 Å². The van der Waals surface area contributed by atoms with Crippen LogP contribution >= 0.6 is 0 Å². The molecule has 0 unspecified atom stereocenters. The van der Waals surface area contributed by atoms with Crippen molar-refractivity contribution in [2.45, 2.75) is 25.2 Å². The summed E-state index contributed by atoms with van der Waals surface area (Å²) in [6.45, 7) is 1.43. The molecule has 2 N–H and O–H groups in total. The SMILES string of the molecule is CC(=O)Nc1ccc(NC(=O)C2(c3ccccc3F)CC2)cc1. The maximum absolute atomic E-state index is 14.0. The molecule has 0 aliphatic heterocycles. The van der Waals surface area contributed by atoms with E-state index in [9.17, 15) is 14.0 Å². The molecule has 0 saturated heterocycles. The van der Waals surface area contributed by atoms with Crippen molar-refractivity contribution in [2.75, 3.05) is 10.6 Å². The van der Waals surface area contributed by atoms with Gasteiger partial charge in [0, 0.05) is 23.9 Å². The van der Waals surface area contributed by atoms with Gasteiger partial charge in [0.05, 0.1) is 5.41 Å². The van der Waals surface area contributed by atoms with E-state index in [2.05, 4.69) is 10.6 Å². The molecule has 5 heteroatoms. The van der Waals surface area contributed by atoms with Crippen molar-refractivity contribution in [1.29, 1.82) is 0 Å². The van der Waals surface area contributed by atoms with Crippen LogP contribution in [-0.4, -0.2) is 11.8 Å². The van der Waals surface area contributed by atoms with Crippen LogP contribution in [0, 0.1) is 5.82 Å². The van der Waals surface area contributed by atoms with Gasteiger partial charge in [0.25, 0.3) is 0 Å². The number of hydrogen-bond donors (Lipinski definition) is 2. The molecule has 1 aliphatic carbocycles. The number of anilines is 2. The maximum Gasteiger partial charge on any atom is 0.235 e. The molecule has 0 bridgehead atoms. The first-order valence-electron chi connectivity index (χ1n) is 7.45. The van der Waals surface area contributed by atoms with Crippen LogP contribution in [0.15, 0.2) is 48.5 Å². The maximum atomic E-state index is 14.0. The molecule has 4 nitrogen and oxygen atoms in total. The Labute approximate surface area is 133 Å². The lowest BCUT2D eigenvalue weighted by molar-refractivity contribution is -0.118. The van der Waals surface area contributed by atoms with Crippen molar-refractivity contribution in [3.63, 3.8) is 0 Å². The van der Waals surface area contributed by atoms with Gasteiger partial charge < -0.3 is 10.6 Å². The number of halogens is 1. The summed E-state index contributed by atoms with van der Waals surface area (Å²) >= 11 is 0. The summed E-state index contributed by atoms with van der Waals surface area (Å²) in [6.07, 6.45) is 1.29. The average molecular weight is 312 g/mol. The molecule has 2 aromatic carbocycles. The predicted molar refractivity (Wildman–Crippen MR) is 86.7 cm³/mol. The first kappa shape index (κ1) is 15.2. The molecule has 0 spiro atoms. The lowest BCUT2D eigenvalue weighted by Gasteiger charge is -2.16. The molecule has 2 aromatic rings. The zero-order chi connectivity index (χ0) is 16.4. The van der Waals surface area contributed by atoms with Crippen molar-refractivity contribution in [3.05, 3.63) is 59.9 Å². The molecule has 2 amide bonds. The molecular formula is C18H17FN2O2. The topological polar surface area (TPSA) is 58.2 Å². The third kappa shape index (κ3) is 3.08.